The summed E-state index contributed by atoms with van der Waals surface area (Å²) in [5.41, 5.74) is 1.11. The summed E-state index contributed by atoms with van der Waals surface area (Å²) < 4.78 is 11.1. The van der Waals surface area contributed by atoms with Gasteiger partial charge in [0.15, 0.2) is 0 Å². The van der Waals surface area contributed by atoms with Crippen molar-refractivity contribution >= 4 is 0 Å². The molecule has 0 aromatic heterocycles. The monoisotopic (exact) mass is 218 g/mol. The van der Waals surface area contributed by atoms with Gasteiger partial charge in [0.2, 0.25) is 5.79 Å². The largest absolute Gasteiger partial charge is 0.467 e. The van der Waals surface area contributed by atoms with Crippen LogP contribution in [0, 0.1) is 0 Å². The van der Waals surface area contributed by atoms with E-state index >= 15 is 0 Å². The van der Waals surface area contributed by atoms with Crippen LogP contribution in [-0.4, -0.2) is 5.79 Å². The Bertz CT molecular complexity index is 332. The molecule has 0 aliphatic heterocycles. The third-order valence-corrected chi connectivity index (χ3v) is 2.41. The smallest absolute Gasteiger partial charge is 0.229 e. The zero-order valence-electron chi connectivity index (χ0n) is 9.69. The molecular formula is C14H18O2. The molecule has 0 saturated carbocycles. The molecule has 1 aromatic carbocycles. The van der Waals surface area contributed by atoms with E-state index in [9.17, 15) is 0 Å². The SMILES string of the molecule is C=COC(C=C)(CC)OCc1ccccc1. The highest BCUT2D eigenvalue weighted by atomic mass is 16.7. The highest BCUT2D eigenvalue weighted by Crippen LogP contribution is 2.21. The first-order chi connectivity index (χ1) is 7.76. The molecule has 1 rings (SSSR count). The first-order valence-electron chi connectivity index (χ1n) is 5.36. The summed E-state index contributed by atoms with van der Waals surface area (Å²) in [5.74, 6) is -0.766. The number of hydrogen-bond acceptors (Lipinski definition) is 2. The summed E-state index contributed by atoms with van der Waals surface area (Å²) in [6.45, 7) is 9.76. The Balaban J connectivity index is 2.63. The lowest BCUT2D eigenvalue weighted by molar-refractivity contribution is -0.180. The van der Waals surface area contributed by atoms with Crippen molar-refractivity contribution in [3.05, 3.63) is 61.4 Å². The second kappa shape index (κ2) is 6.13. The fraction of sp³-hybridized carbons (Fsp3) is 0.286. The fourth-order valence-electron chi connectivity index (χ4n) is 1.39. The summed E-state index contributed by atoms with van der Waals surface area (Å²) in [5, 5.41) is 0. The molecule has 2 nitrogen and oxygen atoms in total. The average Bonchev–Trinajstić information content (AvgIpc) is 2.36. The van der Waals surface area contributed by atoms with Crippen LogP contribution in [0.4, 0.5) is 0 Å². The van der Waals surface area contributed by atoms with Crippen molar-refractivity contribution in [1.29, 1.82) is 0 Å². The molecule has 2 heteroatoms. The van der Waals surface area contributed by atoms with E-state index in [2.05, 4.69) is 13.2 Å². The minimum Gasteiger partial charge on any atom is -0.467 e. The molecule has 0 heterocycles. The summed E-state index contributed by atoms with van der Waals surface area (Å²) in [7, 11) is 0. The van der Waals surface area contributed by atoms with E-state index in [1.165, 1.54) is 6.26 Å². The van der Waals surface area contributed by atoms with Crippen molar-refractivity contribution in [3.8, 4) is 0 Å². The Labute approximate surface area is 97.2 Å². The van der Waals surface area contributed by atoms with Crippen LogP contribution in [0.5, 0.6) is 0 Å². The maximum Gasteiger partial charge on any atom is 0.229 e. The van der Waals surface area contributed by atoms with Crippen molar-refractivity contribution in [2.45, 2.75) is 25.7 Å². The fourth-order valence-corrected chi connectivity index (χ4v) is 1.39. The molecule has 0 amide bonds. The summed E-state index contributed by atoms with van der Waals surface area (Å²) in [4.78, 5) is 0. The summed E-state index contributed by atoms with van der Waals surface area (Å²) in [6.07, 6.45) is 3.74. The first-order valence-corrected chi connectivity index (χ1v) is 5.36. The highest BCUT2D eigenvalue weighted by Gasteiger charge is 2.25. The predicted octanol–water partition coefficient (Wildman–Crippen LogP) is 3.66. The van der Waals surface area contributed by atoms with Gasteiger partial charge in [-0.3, -0.25) is 0 Å². The number of rotatable bonds is 7. The van der Waals surface area contributed by atoms with E-state index in [1.54, 1.807) is 6.08 Å². The van der Waals surface area contributed by atoms with Gasteiger partial charge in [-0.2, -0.15) is 0 Å². The van der Waals surface area contributed by atoms with Crippen LogP contribution in [0.25, 0.3) is 0 Å². The Morgan fingerprint density at radius 3 is 2.44 bits per heavy atom. The molecule has 0 bridgehead atoms. The Morgan fingerprint density at radius 1 is 1.25 bits per heavy atom. The molecule has 0 spiro atoms. The van der Waals surface area contributed by atoms with E-state index in [1.807, 2.05) is 37.3 Å². The molecule has 1 aromatic rings. The minimum atomic E-state index is -0.766. The van der Waals surface area contributed by atoms with Crippen molar-refractivity contribution in [2.75, 3.05) is 0 Å². The Morgan fingerprint density at radius 2 is 1.94 bits per heavy atom. The quantitative estimate of drug-likeness (QED) is 0.395. The van der Waals surface area contributed by atoms with Gasteiger partial charge in [0.25, 0.3) is 0 Å². The van der Waals surface area contributed by atoms with Crippen LogP contribution in [-0.2, 0) is 16.1 Å². The third-order valence-electron chi connectivity index (χ3n) is 2.41. The van der Waals surface area contributed by atoms with Crippen molar-refractivity contribution < 1.29 is 9.47 Å². The molecule has 1 atom stereocenters. The van der Waals surface area contributed by atoms with Gasteiger partial charge in [0.05, 0.1) is 12.9 Å². The number of ether oxygens (including phenoxy) is 2. The van der Waals surface area contributed by atoms with Gasteiger partial charge in [0, 0.05) is 6.42 Å². The van der Waals surface area contributed by atoms with Crippen LogP contribution in [0.15, 0.2) is 55.8 Å². The van der Waals surface area contributed by atoms with Crippen LogP contribution in [0.1, 0.15) is 18.9 Å². The molecule has 0 N–H and O–H groups in total. The summed E-state index contributed by atoms with van der Waals surface area (Å²) >= 11 is 0. The molecular weight excluding hydrogens is 200 g/mol. The number of hydrogen-bond donors (Lipinski definition) is 0. The van der Waals surface area contributed by atoms with E-state index in [0.717, 1.165) is 5.56 Å². The molecule has 0 saturated heterocycles. The molecule has 0 aliphatic carbocycles. The zero-order chi connectivity index (χ0) is 11.9. The van der Waals surface area contributed by atoms with Crippen molar-refractivity contribution in [2.24, 2.45) is 0 Å². The molecule has 0 aliphatic rings. The zero-order valence-corrected chi connectivity index (χ0v) is 9.69. The van der Waals surface area contributed by atoms with Crippen LogP contribution in [0.3, 0.4) is 0 Å². The maximum atomic E-state index is 5.74. The van der Waals surface area contributed by atoms with Gasteiger partial charge in [-0.05, 0) is 11.6 Å². The molecule has 16 heavy (non-hydrogen) atoms. The molecule has 86 valence electrons. The summed E-state index contributed by atoms with van der Waals surface area (Å²) in [6, 6.07) is 9.96. The third kappa shape index (κ3) is 3.24. The molecule has 0 fully saturated rings. The average molecular weight is 218 g/mol. The van der Waals surface area contributed by atoms with E-state index in [4.69, 9.17) is 9.47 Å². The number of benzene rings is 1. The standard InChI is InChI=1S/C14H18O2/c1-4-14(5-2,15-6-3)16-12-13-10-8-7-9-11-13/h4,6-11H,1,3,5,12H2,2H3. The lowest BCUT2D eigenvalue weighted by Gasteiger charge is -2.28. The van der Waals surface area contributed by atoms with Gasteiger partial charge in [-0.1, -0.05) is 50.4 Å². The lowest BCUT2D eigenvalue weighted by Crippen LogP contribution is -2.30. The van der Waals surface area contributed by atoms with Crippen LogP contribution in [0.2, 0.25) is 0 Å². The van der Waals surface area contributed by atoms with Crippen molar-refractivity contribution in [1.82, 2.24) is 0 Å². The second-order valence-electron chi connectivity index (χ2n) is 3.43. The van der Waals surface area contributed by atoms with Crippen LogP contribution >= 0.6 is 0 Å². The highest BCUT2D eigenvalue weighted by molar-refractivity contribution is 5.13. The Hall–Kier alpha value is -1.54. The molecule has 1 unspecified atom stereocenters. The minimum absolute atomic E-state index is 0.495. The molecule has 0 radical (unpaired) electrons. The van der Waals surface area contributed by atoms with E-state index in [0.29, 0.717) is 13.0 Å². The lowest BCUT2D eigenvalue weighted by atomic mass is 10.2. The van der Waals surface area contributed by atoms with Gasteiger partial charge in [-0.15, -0.1) is 0 Å². The van der Waals surface area contributed by atoms with Gasteiger partial charge in [-0.25, -0.2) is 0 Å². The first kappa shape index (κ1) is 12.5. The second-order valence-corrected chi connectivity index (χ2v) is 3.43. The van der Waals surface area contributed by atoms with E-state index < -0.39 is 5.79 Å². The topological polar surface area (TPSA) is 18.5 Å². The van der Waals surface area contributed by atoms with Gasteiger partial charge >= 0.3 is 0 Å². The predicted molar refractivity (Wildman–Crippen MR) is 65.7 cm³/mol. The van der Waals surface area contributed by atoms with E-state index in [-0.39, 0.29) is 0 Å². The maximum absolute atomic E-state index is 5.74. The van der Waals surface area contributed by atoms with Crippen molar-refractivity contribution in [3.63, 3.8) is 0 Å². The van der Waals surface area contributed by atoms with Gasteiger partial charge in [0.1, 0.15) is 0 Å². The van der Waals surface area contributed by atoms with Crippen LogP contribution < -0.4 is 0 Å². The normalized spacial score (nSPS) is 13.8. The Kier molecular flexibility index (Phi) is 4.80. The van der Waals surface area contributed by atoms with Gasteiger partial charge < -0.3 is 9.47 Å².